The Balaban J connectivity index is 1.54. The van der Waals surface area contributed by atoms with Gasteiger partial charge in [0.1, 0.15) is 6.61 Å². The van der Waals surface area contributed by atoms with Gasteiger partial charge in [0.25, 0.3) is 5.66 Å². The van der Waals surface area contributed by atoms with Gasteiger partial charge in [-0.3, -0.25) is 5.32 Å². The molecule has 1 spiro atoms. The van der Waals surface area contributed by atoms with Crippen molar-refractivity contribution in [3.05, 3.63) is 35.9 Å². The zero-order valence-electron chi connectivity index (χ0n) is 14.3. The van der Waals surface area contributed by atoms with Crippen LogP contribution in [0.25, 0.3) is 0 Å². The van der Waals surface area contributed by atoms with E-state index in [1.54, 1.807) is 0 Å². The predicted octanol–water partition coefficient (Wildman–Crippen LogP) is 1.95. The molecular weight excluding hydrogens is 340 g/mol. The fourth-order valence-electron chi connectivity index (χ4n) is 3.70. The smallest absolute Gasteiger partial charge is 0.412 e. The number of amides is 3. The molecule has 3 fully saturated rings. The van der Waals surface area contributed by atoms with E-state index in [1.807, 2.05) is 30.3 Å². The van der Waals surface area contributed by atoms with Gasteiger partial charge in [-0.1, -0.05) is 30.3 Å². The first-order chi connectivity index (χ1) is 12.6. The average Bonchev–Trinajstić information content (AvgIpc) is 3.30. The van der Waals surface area contributed by atoms with Gasteiger partial charge in [0.15, 0.2) is 6.61 Å². The molecule has 8 heteroatoms. The first-order valence-corrected chi connectivity index (χ1v) is 8.82. The maximum absolute atomic E-state index is 12.5. The molecule has 3 amide bonds. The van der Waals surface area contributed by atoms with Gasteiger partial charge in [-0.05, 0) is 29.3 Å². The maximum atomic E-state index is 12.5. The fraction of sp³-hybridized carbons (Fsp3) is 0.500. The lowest BCUT2D eigenvalue weighted by atomic mass is 10.0. The van der Waals surface area contributed by atoms with Crippen LogP contribution in [0.15, 0.2) is 30.3 Å². The molecule has 8 nitrogen and oxygen atoms in total. The number of rotatable bonds is 5. The second kappa shape index (κ2) is 6.46. The van der Waals surface area contributed by atoms with E-state index in [9.17, 15) is 14.4 Å². The predicted molar refractivity (Wildman–Crippen MR) is 86.4 cm³/mol. The Kier molecular flexibility index (Phi) is 4.26. The molecule has 0 aromatic heterocycles. The van der Waals surface area contributed by atoms with Crippen molar-refractivity contribution >= 4 is 17.9 Å². The Morgan fingerprint density at radius 3 is 2.54 bits per heavy atom. The van der Waals surface area contributed by atoms with E-state index in [-0.39, 0.29) is 26.1 Å². The molecular formula is C18H21N2O6+. The number of hydrogen-bond acceptors (Lipinski definition) is 6. The Bertz CT molecular complexity index is 716. The van der Waals surface area contributed by atoms with Crippen molar-refractivity contribution in [2.24, 2.45) is 5.92 Å². The van der Waals surface area contributed by atoms with Crippen molar-refractivity contribution < 1.29 is 33.6 Å². The molecule has 1 aliphatic carbocycles. The molecule has 2 heterocycles. The van der Waals surface area contributed by atoms with Crippen LogP contribution in [-0.2, 0) is 30.8 Å². The average molecular weight is 361 g/mol. The highest BCUT2D eigenvalue weighted by Crippen LogP contribution is 2.46. The van der Waals surface area contributed by atoms with Gasteiger partial charge in [0, 0.05) is 11.1 Å². The minimum Gasteiger partial charge on any atom is -0.445 e. The summed E-state index contributed by atoms with van der Waals surface area (Å²) in [5, 5.41) is 2.75. The van der Waals surface area contributed by atoms with Gasteiger partial charge in [-0.15, -0.1) is 0 Å². The van der Waals surface area contributed by atoms with Crippen molar-refractivity contribution in [3.8, 4) is 0 Å². The van der Waals surface area contributed by atoms with Gasteiger partial charge < -0.3 is 4.74 Å². The fourth-order valence-corrected chi connectivity index (χ4v) is 3.70. The van der Waals surface area contributed by atoms with Crippen molar-refractivity contribution in [2.45, 2.75) is 44.4 Å². The number of hydrogen-bond donors (Lipinski definition) is 1. The van der Waals surface area contributed by atoms with Gasteiger partial charge in [0.2, 0.25) is 0 Å². The Morgan fingerprint density at radius 1 is 1.19 bits per heavy atom. The lowest BCUT2D eigenvalue weighted by Gasteiger charge is -2.35. The third kappa shape index (κ3) is 2.80. The van der Waals surface area contributed by atoms with Crippen molar-refractivity contribution in [2.75, 3.05) is 6.61 Å². The molecule has 1 saturated carbocycles. The van der Waals surface area contributed by atoms with Crippen molar-refractivity contribution in [1.82, 2.24) is 5.32 Å². The number of carbonyl (C=O) groups excluding carboxylic acids is 3. The van der Waals surface area contributed by atoms with E-state index in [1.165, 1.54) is 0 Å². The van der Waals surface area contributed by atoms with Crippen LogP contribution in [0.1, 0.15) is 37.7 Å². The molecule has 138 valence electrons. The Morgan fingerprint density at radius 2 is 1.88 bits per heavy atom. The lowest BCUT2D eigenvalue weighted by Crippen LogP contribution is -2.71. The van der Waals surface area contributed by atoms with E-state index in [0.29, 0.717) is 12.3 Å². The first kappa shape index (κ1) is 17.1. The second-order valence-corrected chi connectivity index (χ2v) is 7.10. The second-order valence-electron chi connectivity index (χ2n) is 7.10. The molecule has 1 N–H and O–H groups in total. The summed E-state index contributed by atoms with van der Waals surface area (Å²) in [7, 11) is 0. The van der Waals surface area contributed by atoms with Crippen LogP contribution in [-0.4, -0.2) is 34.8 Å². The number of carbonyl (C=O) groups is 3. The van der Waals surface area contributed by atoms with Crippen LogP contribution < -0.4 is 5.32 Å². The van der Waals surface area contributed by atoms with Gasteiger partial charge in [-0.25, -0.2) is 14.4 Å². The highest BCUT2D eigenvalue weighted by molar-refractivity contribution is 5.92. The number of hydroxylamine groups is 3. The third-order valence-electron chi connectivity index (χ3n) is 5.19. The summed E-state index contributed by atoms with van der Waals surface area (Å²) in [5.74, 6) is -0.459. The molecule has 3 aliphatic rings. The quantitative estimate of drug-likeness (QED) is 0.490. The summed E-state index contributed by atoms with van der Waals surface area (Å²) in [4.78, 5) is 47.8. The number of benzene rings is 1. The summed E-state index contributed by atoms with van der Waals surface area (Å²) in [5.41, 5.74) is -0.422. The summed E-state index contributed by atoms with van der Waals surface area (Å²) in [6, 6.07) is 9.27. The van der Waals surface area contributed by atoms with Crippen LogP contribution in [0.3, 0.4) is 0 Å². The van der Waals surface area contributed by atoms with Crippen LogP contribution >= 0.6 is 0 Å². The summed E-state index contributed by atoms with van der Waals surface area (Å²) in [6.45, 7) is 0.0250. The molecule has 0 bridgehead atoms. The maximum Gasteiger partial charge on any atom is 0.412 e. The van der Waals surface area contributed by atoms with Crippen LogP contribution in [0.4, 0.5) is 4.79 Å². The molecule has 4 rings (SSSR count). The number of nitrogens with one attached hydrogen (secondary N) is 1. The number of imide groups is 1. The molecule has 1 aromatic carbocycles. The van der Waals surface area contributed by atoms with Gasteiger partial charge >= 0.3 is 17.9 Å². The first-order valence-electron chi connectivity index (χ1n) is 8.82. The number of ether oxygens (including phenoxy) is 1. The minimum atomic E-state index is -1.26. The normalized spacial score (nSPS) is 27.1. The zero-order valence-corrected chi connectivity index (χ0v) is 14.3. The Labute approximate surface area is 150 Å². The Hall–Kier alpha value is -2.29. The van der Waals surface area contributed by atoms with Crippen LogP contribution in [0.5, 0.6) is 0 Å². The van der Waals surface area contributed by atoms with Gasteiger partial charge in [0.05, 0.1) is 12.8 Å². The van der Waals surface area contributed by atoms with E-state index in [4.69, 9.17) is 14.6 Å². The SMILES string of the molecule is O=C(NC1(CC2CC2)COO[N+]12C(=O)CCC2=O)OCc1ccccc1. The molecule has 1 aromatic rings. The van der Waals surface area contributed by atoms with E-state index < -0.39 is 28.2 Å². The summed E-state index contributed by atoms with van der Waals surface area (Å²) in [6.07, 6.45) is 1.87. The van der Waals surface area contributed by atoms with Gasteiger partial charge in [-0.2, -0.15) is 4.89 Å². The van der Waals surface area contributed by atoms with Crippen molar-refractivity contribution in [1.29, 1.82) is 0 Å². The molecule has 26 heavy (non-hydrogen) atoms. The molecule has 2 saturated heterocycles. The molecule has 0 radical (unpaired) electrons. The molecule has 2 aliphatic heterocycles. The number of nitrogens with zero attached hydrogens (tertiary/aromatic N) is 1. The van der Waals surface area contributed by atoms with E-state index in [2.05, 4.69) is 5.32 Å². The largest absolute Gasteiger partial charge is 0.445 e. The van der Waals surface area contributed by atoms with Crippen molar-refractivity contribution in [3.63, 3.8) is 0 Å². The number of quaternary nitrogens is 1. The summed E-state index contributed by atoms with van der Waals surface area (Å²) >= 11 is 0. The monoisotopic (exact) mass is 361 g/mol. The van der Waals surface area contributed by atoms with E-state index in [0.717, 1.165) is 18.4 Å². The van der Waals surface area contributed by atoms with Crippen LogP contribution in [0, 0.1) is 5.92 Å². The number of alkyl carbamates (subject to hydrolysis) is 1. The standard InChI is InChI=1S/C18H20N2O6/c21-15-8-9-16(22)20(15)18(12-25-26-20,10-13-6-7-13)19-17(23)24-11-14-4-2-1-3-5-14/h1-5,13H,6-12H2/p+1. The third-order valence-corrected chi connectivity index (χ3v) is 5.19. The molecule has 1 atom stereocenters. The topological polar surface area (TPSA) is 90.9 Å². The highest BCUT2D eigenvalue weighted by atomic mass is 17.3. The lowest BCUT2D eigenvalue weighted by molar-refractivity contribution is -1.04. The minimum absolute atomic E-state index is 0.0680. The van der Waals surface area contributed by atoms with Crippen LogP contribution in [0.2, 0.25) is 0 Å². The van der Waals surface area contributed by atoms with E-state index >= 15 is 0 Å². The highest BCUT2D eigenvalue weighted by Gasteiger charge is 2.73. The zero-order chi connectivity index (χ0) is 18.2. The molecule has 1 unspecified atom stereocenters. The summed E-state index contributed by atoms with van der Waals surface area (Å²) < 4.78 is 4.38.